The lowest BCUT2D eigenvalue weighted by molar-refractivity contribution is -0.929. The maximum Gasteiger partial charge on any atom is 0.223 e. The summed E-state index contributed by atoms with van der Waals surface area (Å²) in [5, 5.41) is 0. The van der Waals surface area contributed by atoms with Crippen LogP contribution < -0.4 is 4.90 Å². The van der Waals surface area contributed by atoms with Crippen LogP contribution in [0.4, 0.5) is 8.78 Å². The summed E-state index contributed by atoms with van der Waals surface area (Å²) in [6.07, 6.45) is 0.531. The molecule has 1 fully saturated rings. The Morgan fingerprint density at radius 2 is 1.36 bits per heavy atom. The number of rotatable bonds is 6. The van der Waals surface area contributed by atoms with Crippen LogP contribution in [0, 0.1) is 11.6 Å². The topological polar surface area (TPSA) is 41.8 Å². The van der Waals surface area contributed by atoms with Gasteiger partial charge in [0, 0.05) is 24.0 Å². The third-order valence-corrected chi connectivity index (χ3v) is 5.26. The van der Waals surface area contributed by atoms with Crippen LogP contribution in [0.25, 0.3) is 0 Å². The van der Waals surface area contributed by atoms with E-state index in [9.17, 15) is 18.4 Å². The van der Waals surface area contributed by atoms with E-state index in [4.69, 9.17) is 0 Å². The van der Waals surface area contributed by atoms with Gasteiger partial charge in [-0.15, -0.1) is 0 Å². The van der Waals surface area contributed by atoms with Crippen LogP contribution in [0.2, 0.25) is 0 Å². The first-order valence-electron chi connectivity index (χ1n) is 9.57. The molecule has 148 valence electrons. The first-order chi connectivity index (χ1) is 13.4. The molecule has 1 aliphatic rings. The minimum atomic E-state index is -0.294. The van der Waals surface area contributed by atoms with Gasteiger partial charge in [-0.1, -0.05) is 0 Å². The molecule has 0 bridgehead atoms. The summed E-state index contributed by atoms with van der Waals surface area (Å²) in [5.41, 5.74) is 1.92. The number of quaternary nitrogens is 1. The maximum atomic E-state index is 13.4. The number of Topliss-reactive ketones (excluding diaryl/α,β-unsaturated/α-hetero) is 1. The highest BCUT2D eigenvalue weighted by atomic mass is 19.1. The first-order valence-corrected chi connectivity index (χ1v) is 9.57. The third-order valence-electron chi connectivity index (χ3n) is 5.26. The molecule has 1 saturated heterocycles. The Morgan fingerprint density at radius 1 is 0.893 bits per heavy atom. The Hall–Kier alpha value is -2.60. The van der Waals surface area contributed by atoms with Crippen molar-refractivity contribution in [2.45, 2.75) is 25.8 Å². The number of carbonyl (C=O) groups is 2. The van der Waals surface area contributed by atoms with Gasteiger partial charge in [-0.05, 0) is 55.5 Å². The summed E-state index contributed by atoms with van der Waals surface area (Å²) in [4.78, 5) is 26.4. The van der Waals surface area contributed by atoms with Crippen molar-refractivity contribution in [2.75, 3.05) is 26.2 Å². The minimum Gasteiger partial charge on any atom is -0.331 e. The molecule has 1 aliphatic heterocycles. The quantitative estimate of drug-likeness (QED) is 0.825. The van der Waals surface area contributed by atoms with Crippen molar-refractivity contribution in [2.24, 2.45) is 0 Å². The summed E-state index contributed by atoms with van der Waals surface area (Å²) >= 11 is 0. The fraction of sp³-hybridized carbons (Fsp3) is 0.364. The molecule has 0 radical (unpaired) electrons. The largest absolute Gasteiger partial charge is 0.331 e. The molecule has 28 heavy (non-hydrogen) atoms. The lowest BCUT2D eigenvalue weighted by atomic mass is 9.96. The average molecular weight is 387 g/mol. The van der Waals surface area contributed by atoms with E-state index in [0.29, 0.717) is 13.1 Å². The Kier molecular flexibility index (Phi) is 6.52. The highest BCUT2D eigenvalue weighted by Gasteiger charge is 2.31. The van der Waals surface area contributed by atoms with E-state index in [-0.39, 0.29) is 42.2 Å². The van der Waals surface area contributed by atoms with Crippen LogP contribution in [-0.2, 0) is 9.59 Å². The average Bonchev–Trinajstić information content (AvgIpc) is 2.70. The van der Waals surface area contributed by atoms with Crippen molar-refractivity contribution >= 4 is 11.7 Å². The molecule has 0 saturated carbocycles. The van der Waals surface area contributed by atoms with E-state index in [1.54, 1.807) is 29.2 Å². The molecule has 1 amide bonds. The highest BCUT2D eigenvalue weighted by molar-refractivity contribution is 5.83. The normalized spacial score (nSPS) is 15.1. The second-order valence-corrected chi connectivity index (χ2v) is 7.28. The monoisotopic (exact) mass is 387 g/mol. The summed E-state index contributed by atoms with van der Waals surface area (Å²) in [7, 11) is 0. The third kappa shape index (κ3) is 5.01. The van der Waals surface area contributed by atoms with Crippen molar-refractivity contribution in [3.8, 4) is 0 Å². The zero-order chi connectivity index (χ0) is 20.1. The van der Waals surface area contributed by atoms with Crippen LogP contribution >= 0.6 is 0 Å². The molecule has 3 rings (SSSR count). The van der Waals surface area contributed by atoms with Crippen LogP contribution in [0.15, 0.2) is 48.5 Å². The molecule has 0 aromatic heterocycles. The number of hydrogen-bond donors (Lipinski definition) is 1. The number of nitrogens with zero attached hydrogens (tertiary/aromatic N) is 1. The predicted molar refractivity (Wildman–Crippen MR) is 102 cm³/mol. The number of halogens is 2. The standard InChI is InChI=1S/C22H24F2N2O2/c1-16(27)2-11-21(28)25-12-14-26(15-13-25)22(17-3-7-19(23)8-4-17)18-5-9-20(24)10-6-18/h3-10,22H,2,11-15H2,1H3/p+1. The molecule has 0 aliphatic carbocycles. The van der Waals surface area contributed by atoms with Crippen molar-refractivity contribution < 1.29 is 23.3 Å². The van der Waals surface area contributed by atoms with Crippen LogP contribution in [0.1, 0.15) is 36.9 Å². The molecule has 2 aromatic carbocycles. The highest BCUT2D eigenvalue weighted by Crippen LogP contribution is 2.20. The van der Waals surface area contributed by atoms with Gasteiger partial charge in [0.2, 0.25) is 5.91 Å². The molecule has 2 aromatic rings. The van der Waals surface area contributed by atoms with Gasteiger partial charge in [0.25, 0.3) is 0 Å². The van der Waals surface area contributed by atoms with E-state index >= 15 is 0 Å². The van der Waals surface area contributed by atoms with Gasteiger partial charge in [-0.25, -0.2) is 8.78 Å². The number of benzene rings is 2. The molecule has 0 unspecified atom stereocenters. The lowest BCUT2D eigenvalue weighted by Gasteiger charge is -2.37. The molecule has 6 heteroatoms. The van der Waals surface area contributed by atoms with Crippen molar-refractivity contribution in [1.82, 2.24) is 4.90 Å². The number of amides is 1. The minimum absolute atomic E-state index is 0.00867. The Morgan fingerprint density at radius 3 is 1.79 bits per heavy atom. The summed E-state index contributed by atoms with van der Waals surface area (Å²) in [6.45, 7) is 4.15. The Labute approximate surface area is 163 Å². The number of nitrogens with one attached hydrogen (secondary N) is 1. The molecule has 0 spiro atoms. The van der Waals surface area contributed by atoms with Gasteiger partial charge < -0.3 is 14.6 Å². The van der Waals surface area contributed by atoms with Crippen LogP contribution in [0.3, 0.4) is 0 Å². The number of ketones is 1. The summed E-state index contributed by atoms with van der Waals surface area (Å²) in [6, 6.07) is 12.7. The zero-order valence-corrected chi connectivity index (χ0v) is 16.0. The second kappa shape index (κ2) is 9.06. The SMILES string of the molecule is CC(=O)CCC(=O)N1CC[NH+](C(c2ccc(F)cc2)c2ccc(F)cc2)CC1. The zero-order valence-electron chi connectivity index (χ0n) is 16.0. The summed E-state index contributed by atoms with van der Waals surface area (Å²) < 4.78 is 26.8. The van der Waals surface area contributed by atoms with Gasteiger partial charge >= 0.3 is 0 Å². The van der Waals surface area contributed by atoms with Crippen LogP contribution in [-0.4, -0.2) is 42.8 Å². The van der Waals surface area contributed by atoms with Crippen molar-refractivity contribution in [3.63, 3.8) is 0 Å². The lowest BCUT2D eigenvalue weighted by Crippen LogP contribution is -3.15. The van der Waals surface area contributed by atoms with Gasteiger partial charge in [0.1, 0.15) is 23.5 Å². The Balaban J connectivity index is 1.75. The van der Waals surface area contributed by atoms with E-state index in [0.717, 1.165) is 24.2 Å². The number of carbonyl (C=O) groups excluding carboxylic acids is 2. The molecular formula is C22H25F2N2O2+. The molecule has 1 N–H and O–H groups in total. The first kappa shape index (κ1) is 20.1. The van der Waals surface area contributed by atoms with E-state index in [1.807, 2.05) is 0 Å². The van der Waals surface area contributed by atoms with Crippen molar-refractivity contribution in [1.29, 1.82) is 0 Å². The van der Waals surface area contributed by atoms with Crippen molar-refractivity contribution in [3.05, 3.63) is 71.3 Å². The molecule has 4 nitrogen and oxygen atoms in total. The fourth-order valence-corrected chi connectivity index (χ4v) is 3.75. The molecular weight excluding hydrogens is 362 g/mol. The number of hydrogen-bond acceptors (Lipinski definition) is 2. The van der Waals surface area contributed by atoms with E-state index in [1.165, 1.54) is 36.1 Å². The van der Waals surface area contributed by atoms with Gasteiger partial charge in [0.05, 0.1) is 26.2 Å². The van der Waals surface area contributed by atoms with E-state index < -0.39 is 0 Å². The Bertz CT molecular complexity index is 768. The van der Waals surface area contributed by atoms with Crippen LogP contribution in [0.5, 0.6) is 0 Å². The van der Waals surface area contributed by atoms with Gasteiger partial charge in [0.15, 0.2) is 0 Å². The smallest absolute Gasteiger partial charge is 0.223 e. The fourth-order valence-electron chi connectivity index (χ4n) is 3.75. The maximum absolute atomic E-state index is 13.4. The molecule has 0 atom stereocenters. The summed E-state index contributed by atoms with van der Waals surface area (Å²) in [5.74, 6) is -0.561. The van der Waals surface area contributed by atoms with Gasteiger partial charge in [-0.3, -0.25) is 4.79 Å². The molecule has 1 heterocycles. The van der Waals surface area contributed by atoms with Gasteiger partial charge in [-0.2, -0.15) is 0 Å². The second-order valence-electron chi connectivity index (χ2n) is 7.28. The van der Waals surface area contributed by atoms with E-state index in [2.05, 4.69) is 0 Å². The number of piperazine rings is 1. The predicted octanol–water partition coefficient (Wildman–Crippen LogP) is 2.15.